The van der Waals surface area contributed by atoms with Gasteiger partial charge >= 0.3 is 6.03 Å². The van der Waals surface area contributed by atoms with E-state index < -0.39 is 6.03 Å². The van der Waals surface area contributed by atoms with Crippen molar-refractivity contribution in [2.75, 3.05) is 38.7 Å². The van der Waals surface area contributed by atoms with E-state index in [0.29, 0.717) is 5.82 Å². The zero-order valence-electron chi connectivity index (χ0n) is 18.2. The molecule has 2 heterocycles. The lowest BCUT2D eigenvalue weighted by atomic mass is 9.99. The van der Waals surface area contributed by atoms with Gasteiger partial charge in [0.2, 0.25) is 0 Å². The SMILES string of the molecule is COCCN1CCC(c2ccccc2)C1.Cn1ncc(-c2ccccc2)c1NC(N)=O. The van der Waals surface area contributed by atoms with Crippen molar-refractivity contribution in [3.8, 4) is 11.1 Å². The van der Waals surface area contributed by atoms with Crippen LogP contribution in [-0.4, -0.2) is 54.1 Å². The van der Waals surface area contributed by atoms with Crippen LogP contribution in [0.4, 0.5) is 10.6 Å². The Hall–Kier alpha value is -3.16. The summed E-state index contributed by atoms with van der Waals surface area (Å²) in [6.07, 6.45) is 2.98. The molecular weight excluding hydrogens is 390 g/mol. The monoisotopic (exact) mass is 421 g/mol. The number of anilines is 1. The van der Waals surface area contributed by atoms with Gasteiger partial charge in [-0.05, 0) is 30.0 Å². The van der Waals surface area contributed by atoms with Crippen molar-refractivity contribution in [3.63, 3.8) is 0 Å². The van der Waals surface area contributed by atoms with Crippen LogP contribution in [-0.2, 0) is 11.8 Å². The van der Waals surface area contributed by atoms with Crippen LogP contribution in [0.2, 0.25) is 0 Å². The van der Waals surface area contributed by atoms with Gasteiger partial charge in [0.15, 0.2) is 0 Å². The summed E-state index contributed by atoms with van der Waals surface area (Å²) in [7, 11) is 3.52. The maximum Gasteiger partial charge on any atom is 0.317 e. The highest BCUT2D eigenvalue weighted by atomic mass is 16.5. The van der Waals surface area contributed by atoms with Gasteiger partial charge in [0.1, 0.15) is 5.82 Å². The molecule has 3 N–H and O–H groups in total. The number of hydrogen-bond acceptors (Lipinski definition) is 4. The van der Waals surface area contributed by atoms with Crippen LogP contribution in [0.15, 0.2) is 66.9 Å². The quantitative estimate of drug-likeness (QED) is 0.636. The Balaban J connectivity index is 0.000000176. The summed E-state index contributed by atoms with van der Waals surface area (Å²) in [5.74, 6) is 1.32. The number of primary amides is 1. The fourth-order valence-corrected chi connectivity index (χ4v) is 3.78. The van der Waals surface area contributed by atoms with Crippen molar-refractivity contribution >= 4 is 11.8 Å². The first kappa shape index (κ1) is 22.5. The summed E-state index contributed by atoms with van der Waals surface area (Å²) in [6, 6.07) is 19.9. The average Bonchev–Trinajstić information content (AvgIpc) is 3.41. The predicted octanol–water partition coefficient (Wildman–Crippen LogP) is 3.70. The first-order valence-electron chi connectivity index (χ1n) is 10.5. The molecule has 0 saturated carbocycles. The number of aromatic nitrogens is 2. The molecule has 0 bridgehead atoms. The molecular formula is C24H31N5O2. The van der Waals surface area contributed by atoms with E-state index in [4.69, 9.17) is 10.5 Å². The number of aryl methyl sites for hydroxylation is 1. The molecule has 0 spiro atoms. The predicted molar refractivity (Wildman–Crippen MR) is 124 cm³/mol. The summed E-state index contributed by atoms with van der Waals surface area (Å²) in [5, 5.41) is 6.65. The van der Waals surface area contributed by atoms with E-state index in [1.807, 2.05) is 30.3 Å². The van der Waals surface area contributed by atoms with Crippen molar-refractivity contribution < 1.29 is 9.53 Å². The number of urea groups is 1. The number of carbonyl (C=O) groups is 1. The molecule has 1 saturated heterocycles. The highest BCUT2D eigenvalue weighted by Gasteiger charge is 2.22. The number of amides is 2. The molecule has 3 aromatic rings. The van der Waals surface area contributed by atoms with Gasteiger partial charge in [-0.3, -0.25) is 10.00 Å². The minimum absolute atomic E-state index is 0.596. The Labute approximate surface area is 183 Å². The lowest BCUT2D eigenvalue weighted by Crippen LogP contribution is -2.24. The van der Waals surface area contributed by atoms with E-state index in [0.717, 1.165) is 30.2 Å². The van der Waals surface area contributed by atoms with Crippen LogP contribution >= 0.6 is 0 Å². The third kappa shape index (κ3) is 6.41. The Kier molecular flexibility index (Phi) is 8.20. The van der Waals surface area contributed by atoms with E-state index in [1.165, 1.54) is 25.1 Å². The summed E-state index contributed by atoms with van der Waals surface area (Å²) in [6.45, 7) is 4.32. The standard InChI is InChI=1S/C13H19NO.C11H12N4O/c1-15-10-9-14-8-7-13(11-14)12-5-3-2-4-6-12;1-15-10(14-11(12)16)9(7-13-15)8-5-3-2-4-6-8/h2-6,13H,7-11H2,1H3;2-7H,1H3,(H3,12,14,16). The minimum atomic E-state index is -0.596. The third-order valence-corrected chi connectivity index (χ3v) is 5.42. The number of ether oxygens (including phenoxy) is 1. The molecule has 4 rings (SSSR count). The van der Waals surface area contributed by atoms with E-state index in [2.05, 4.69) is 45.6 Å². The molecule has 7 nitrogen and oxygen atoms in total. The van der Waals surface area contributed by atoms with E-state index in [1.54, 1.807) is 25.0 Å². The van der Waals surface area contributed by atoms with Crippen molar-refractivity contribution in [1.82, 2.24) is 14.7 Å². The van der Waals surface area contributed by atoms with Gasteiger partial charge in [0.05, 0.1) is 12.8 Å². The van der Waals surface area contributed by atoms with Crippen molar-refractivity contribution in [2.24, 2.45) is 12.8 Å². The van der Waals surface area contributed by atoms with Gasteiger partial charge in [-0.15, -0.1) is 0 Å². The fourth-order valence-electron chi connectivity index (χ4n) is 3.78. The maximum absolute atomic E-state index is 10.9. The number of hydrogen-bond donors (Lipinski definition) is 2. The van der Waals surface area contributed by atoms with E-state index in [-0.39, 0.29) is 0 Å². The first-order chi connectivity index (χ1) is 15.1. The summed E-state index contributed by atoms with van der Waals surface area (Å²) >= 11 is 0. The maximum atomic E-state index is 10.9. The highest BCUT2D eigenvalue weighted by molar-refractivity contribution is 5.91. The molecule has 1 aliphatic rings. The van der Waals surface area contributed by atoms with Gasteiger partial charge < -0.3 is 15.4 Å². The molecule has 31 heavy (non-hydrogen) atoms. The van der Waals surface area contributed by atoms with E-state index in [9.17, 15) is 4.79 Å². The van der Waals surface area contributed by atoms with Crippen molar-refractivity contribution in [3.05, 3.63) is 72.4 Å². The van der Waals surface area contributed by atoms with Crippen LogP contribution in [0, 0.1) is 0 Å². The highest BCUT2D eigenvalue weighted by Crippen LogP contribution is 2.27. The Morgan fingerprint density at radius 1 is 1.16 bits per heavy atom. The van der Waals surface area contributed by atoms with Crippen LogP contribution in [0.1, 0.15) is 17.9 Å². The zero-order valence-corrected chi connectivity index (χ0v) is 18.2. The molecule has 1 aromatic heterocycles. The third-order valence-electron chi connectivity index (χ3n) is 5.42. The fraction of sp³-hybridized carbons (Fsp3) is 0.333. The lowest BCUT2D eigenvalue weighted by molar-refractivity contribution is 0.160. The first-order valence-corrected chi connectivity index (χ1v) is 10.5. The van der Waals surface area contributed by atoms with Gasteiger partial charge in [-0.2, -0.15) is 5.10 Å². The van der Waals surface area contributed by atoms with Crippen LogP contribution in [0.25, 0.3) is 11.1 Å². The second-order valence-electron chi connectivity index (χ2n) is 7.58. The molecule has 2 amide bonds. The number of nitrogens with zero attached hydrogens (tertiary/aromatic N) is 3. The average molecular weight is 422 g/mol. The molecule has 2 aromatic carbocycles. The Bertz CT molecular complexity index is 943. The number of nitrogens with two attached hydrogens (primary N) is 1. The molecule has 0 aliphatic carbocycles. The lowest BCUT2D eigenvalue weighted by Gasteiger charge is -2.15. The van der Waals surface area contributed by atoms with Crippen molar-refractivity contribution in [1.29, 1.82) is 0 Å². The number of methoxy groups -OCH3 is 1. The van der Waals surface area contributed by atoms with Gasteiger partial charge in [-0.1, -0.05) is 60.7 Å². The second kappa shape index (κ2) is 11.3. The van der Waals surface area contributed by atoms with Crippen LogP contribution < -0.4 is 11.1 Å². The molecule has 1 aliphatic heterocycles. The summed E-state index contributed by atoms with van der Waals surface area (Å²) in [4.78, 5) is 13.4. The van der Waals surface area contributed by atoms with Crippen molar-refractivity contribution in [2.45, 2.75) is 12.3 Å². The zero-order chi connectivity index (χ0) is 22.1. The molecule has 7 heteroatoms. The number of likely N-dealkylation sites (tertiary alicyclic amines) is 1. The molecule has 164 valence electrons. The largest absolute Gasteiger partial charge is 0.383 e. The van der Waals surface area contributed by atoms with Crippen LogP contribution in [0.5, 0.6) is 0 Å². The number of rotatable bonds is 6. The smallest absolute Gasteiger partial charge is 0.317 e. The van der Waals surface area contributed by atoms with Gasteiger partial charge in [0, 0.05) is 32.8 Å². The summed E-state index contributed by atoms with van der Waals surface area (Å²) in [5.41, 5.74) is 8.43. The molecule has 1 fully saturated rings. The number of carbonyl (C=O) groups excluding carboxylic acids is 1. The number of benzene rings is 2. The second-order valence-corrected chi connectivity index (χ2v) is 7.58. The van der Waals surface area contributed by atoms with Gasteiger partial charge in [0.25, 0.3) is 0 Å². The molecule has 1 unspecified atom stereocenters. The Morgan fingerprint density at radius 3 is 2.48 bits per heavy atom. The topological polar surface area (TPSA) is 85.4 Å². The Morgan fingerprint density at radius 2 is 1.84 bits per heavy atom. The number of nitrogens with one attached hydrogen (secondary N) is 1. The summed E-state index contributed by atoms with van der Waals surface area (Å²) < 4.78 is 6.68. The van der Waals surface area contributed by atoms with E-state index >= 15 is 0 Å². The van der Waals surface area contributed by atoms with Crippen LogP contribution in [0.3, 0.4) is 0 Å². The minimum Gasteiger partial charge on any atom is -0.383 e. The normalized spacial score (nSPS) is 15.9. The molecule has 0 radical (unpaired) electrons. The molecule has 1 atom stereocenters. The van der Waals surface area contributed by atoms with Gasteiger partial charge in [-0.25, -0.2) is 4.79 Å².